The molecule has 112 valence electrons. The molecular formula is C17H22FN3. The highest BCUT2D eigenvalue weighted by molar-refractivity contribution is 5.54. The van der Waals surface area contributed by atoms with Gasteiger partial charge in [0, 0.05) is 25.0 Å². The summed E-state index contributed by atoms with van der Waals surface area (Å²) in [4.78, 5) is 6.59. The van der Waals surface area contributed by atoms with Crippen LogP contribution >= 0.6 is 0 Å². The van der Waals surface area contributed by atoms with Crippen molar-refractivity contribution in [2.75, 3.05) is 18.0 Å². The molecule has 1 aromatic heterocycles. The van der Waals surface area contributed by atoms with Gasteiger partial charge in [0.05, 0.1) is 12.2 Å². The van der Waals surface area contributed by atoms with E-state index in [1.807, 2.05) is 31.2 Å². The summed E-state index contributed by atoms with van der Waals surface area (Å²) in [5.74, 6) is -0.194. The largest absolute Gasteiger partial charge is 0.366 e. The quantitative estimate of drug-likeness (QED) is 0.846. The Hall–Kier alpha value is -1.94. The van der Waals surface area contributed by atoms with Crippen LogP contribution in [-0.4, -0.2) is 18.1 Å². The van der Waals surface area contributed by atoms with Gasteiger partial charge in [0.1, 0.15) is 5.82 Å². The predicted octanol–water partition coefficient (Wildman–Crippen LogP) is 3.36. The summed E-state index contributed by atoms with van der Waals surface area (Å²) < 4.78 is 13.5. The molecule has 0 bridgehead atoms. The molecule has 0 saturated heterocycles. The van der Waals surface area contributed by atoms with Crippen LogP contribution < -0.4 is 10.2 Å². The van der Waals surface area contributed by atoms with Crippen LogP contribution in [0.3, 0.4) is 0 Å². The molecule has 2 rings (SSSR count). The molecule has 0 radical (unpaired) electrons. The van der Waals surface area contributed by atoms with Gasteiger partial charge in [-0.3, -0.25) is 4.98 Å². The molecule has 0 aliphatic heterocycles. The third-order valence-electron chi connectivity index (χ3n) is 3.41. The van der Waals surface area contributed by atoms with E-state index in [1.54, 1.807) is 12.3 Å². The van der Waals surface area contributed by atoms with Crippen molar-refractivity contribution in [3.8, 4) is 0 Å². The third-order valence-corrected chi connectivity index (χ3v) is 3.41. The van der Waals surface area contributed by atoms with Crippen LogP contribution in [0.15, 0.2) is 42.6 Å². The summed E-state index contributed by atoms with van der Waals surface area (Å²) in [6, 6.07) is 10.9. The monoisotopic (exact) mass is 287 g/mol. The molecule has 0 amide bonds. The maximum atomic E-state index is 13.5. The van der Waals surface area contributed by atoms with Gasteiger partial charge in [-0.15, -0.1) is 0 Å². The fourth-order valence-corrected chi connectivity index (χ4v) is 2.32. The van der Waals surface area contributed by atoms with Crippen LogP contribution in [0, 0.1) is 5.82 Å². The van der Waals surface area contributed by atoms with Crippen LogP contribution in [-0.2, 0) is 13.1 Å². The van der Waals surface area contributed by atoms with Gasteiger partial charge in [0.15, 0.2) is 0 Å². The first kappa shape index (κ1) is 15.4. The first-order valence-electron chi connectivity index (χ1n) is 7.38. The summed E-state index contributed by atoms with van der Waals surface area (Å²) in [6.45, 7) is 7.25. The van der Waals surface area contributed by atoms with Crippen molar-refractivity contribution in [2.45, 2.75) is 26.9 Å². The van der Waals surface area contributed by atoms with E-state index in [0.29, 0.717) is 6.54 Å². The van der Waals surface area contributed by atoms with Crippen molar-refractivity contribution in [3.63, 3.8) is 0 Å². The normalized spacial score (nSPS) is 10.6. The number of nitrogens with zero attached hydrogens (tertiary/aromatic N) is 2. The number of pyridine rings is 1. The zero-order valence-corrected chi connectivity index (χ0v) is 12.6. The Bertz CT molecular complexity index is 557. The van der Waals surface area contributed by atoms with Gasteiger partial charge in [0.2, 0.25) is 0 Å². The van der Waals surface area contributed by atoms with Crippen LogP contribution in [0.25, 0.3) is 0 Å². The Morgan fingerprint density at radius 1 is 1.19 bits per heavy atom. The highest BCUT2D eigenvalue weighted by atomic mass is 19.1. The Morgan fingerprint density at radius 2 is 2.05 bits per heavy atom. The second-order valence-electron chi connectivity index (χ2n) is 4.89. The Morgan fingerprint density at radius 3 is 2.71 bits per heavy atom. The number of hydrogen-bond acceptors (Lipinski definition) is 3. The van der Waals surface area contributed by atoms with E-state index in [1.165, 1.54) is 6.07 Å². The van der Waals surface area contributed by atoms with Crippen molar-refractivity contribution >= 4 is 5.69 Å². The lowest BCUT2D eigenvalue weighted by molar-refractivity contribution is 0.620. The zero-order chi connectivity index (χ0) is 15.1. The van der Waals surface area contributed by atoms with Gasteiger partial charge in [-0.25, -0.2) is 4.39 Å². The average Bonchev–Trinajstić information content (AvgIpc) is 2.52. The molecule has 0 aliphatic rings. The molecule has 0 unspecified atom stereocenters. The summed E-state index contributed by atoms with van der Waals surface area (Å²) in [6.07, 6.45) is 1.80. The number of anilines is 1. The highest BCUT2D eigenvalue weighted by Gasteiger charge is 2.11. The van der Waals surface area contributed by atoms with E-state index in [9.17, 15) is 4.39 Å². The van der Waals surface area contributed by atoms with Crippen molar-refractivity contribution in [1.29, 1.82) is 0 Å². The van der Waals surface area contributed by atoms with E-state index in [0.717, 1.165) is 36.6 Å². The van der Waals surface area contributed by atoms with Crippen molar-refractivity contribution in [2.24, 2.45) is 0 Å². The number of halogens is 1. The van der Waals surface area contributed by atoms with Gasteiger partial charge >= 0.3 is 0 Å². The molecule has 4 heteroatoms. The van der Waals surface area contributed by atoms with Crippen molar-refractivity contribution in [3.05, 3.63) is 59.7 Å². The standard InChI is InChI=1S/C17H22FN3/c1-3-19-12-14-11-15(18)8-9-17(14)21(4-2)13-16-7-5-6-10-20-16/h5-11,19H,3-4,12-13H2,1-2H3. The second kappa shape index (κ2) is 7.74. The number of aromatic nitrogens is 1. The maximum Gasteiger partial charge on any atom is 0.123 e. The molecule has 0 saturated carbocycles. The molecule has 1 aromatic carbocycles. The molecule has 0 fully saturated rings. The van der Waals surface area contributed by atoms with E-state index >= 15 is 0 Å². The molecule has 21 heavy (non-hydrogen) atoms. The fourth-order valence-electron chi connectivity index (χ4n) is 2.32. The lowest BCUT2D eigenvalue weighted by Gasteiger charge is -2.25. The minimum Gasteiger partial charge on any atom is -0.366 e. The topological polar surface area (TPSA) is 28.2 Å². The van der Waals surface area contributed by atoms with E-state index < -0.39 is 0 Å². The van der Waals surface area contributed by atoms with Gasteiger partial charge < -0.3 is 10.2 Å². The number of hydrogen-bond donors (Lipinski definition) is 1. The van der Waals surface area contributed by atoms with Crippen molar-refractivity contribution in [1.82, 2.24) is 10.3 Å². The van der Waals surface area contributed by atoms with Gasteiger partial charge in [-0.2, -0.15) is 0 Å². The Balaban J connectivity index is 2.24. The van der Waals surface area contributed by atoms with E-state index in [-0.39, 0.29) is 5.82 Å². The summed E-state index contributed by atoms with van der Waals surface area (Å²) in [5, 5.41) is 3.27. The first-order valence-corrected chi connectivity index (χ1v) is 7.38. The SMILES string of the molecule is CCNCc1cc(F)ccc1N(CC)Cc1ccccn1. The summed E-state index contributed by atoms with van der Waals surface area (Å²) in [5.41, 5.74) is 3.05. The first-order chi connectivity index (χ1) is 10.2. The summed E-state index contributed by atoms with van der Waals surface area (Å²) in [7, 11) is 0. The molecule has 1 heterocycles. The second-order valence-corrected chi connectivity index (χ2v) is 4.89. The van der Waals surface area contributed by atoms with Crippen LogP contribution in [0.2, 0.25) is 0 Å². The van der Waals surface area contributed by atoms with Gasteiger partial charge in [0.25, 0.3) is 0 Å². The van der Waals surface area contributed by atoms with Crippen LogP contribution in [0.1, 0.15) is 25.1 Å². The van der Waals surface area contributed by atoms with E-state index in [2.05, 4.69) is 22.1 Å². The zero-order valence-electron chi connectivity index (χ0n) is 12.6. The van der Waals surface area contributed by atoms with Crippen molar-refractivity contribution < 1.29 is 4.39 Å². The van der Waals surface area contributed by atoms with Gasteiger partial charge in [-0.05, 0) is 49.4 Å². The number of rotatable bonds is 7. The Labute approximate surface area is 125 Å². The summed E-state index contributed by atoms with van der Waals surface area (Å²) >= 11 is 0. The minimum atomic E-state index is -0.194. The fraction of sp³-hybridized carbons (Fsp3) is 0.353. The molecule has 0 aliphatic carbocycles. The lowest BCUT2D eigenvalue weighted by atomic mass is 10.1. The number of nitrogens with one attached hydrogen (secondary N) is 1. The highest BCUT2D eigenvalue weighted by Crippen LogP contribution is 2.23. The third kappa shape index (κ3) is 4.26. The lowest BCUT2D eigenvalue weighted by Crippen LogP contribution is -2.25. The molecule has 0 atom stereocenters. The van der Waals surface area contributed by atoms with Gasteiger partial charge in [-0.1, -0.05) is 13.0 Å². The van der Waals surface area contributed by atoms with E-state index in [4.69, 9.17) is 0 Å². The maximum absolute atomic E-state index is 13.5. The molecule has 3 nitrogen and oxygen atoms in total. The molecular weight excluding hydrogens is 265 g/mol. The smallest absolute Gasteiger partial charge is 0.123 e. The predicted molar refractivity (Wildman–Crippen MR) is 84.7 cm³/mol. The Kier molecular flexibility index (Phi) is 5.69. The average molecular weight is 287 g/mol. The molecule has 2 aromatic rings. The molecule has 1 N–H and O–H groups in total. The van der Waals surface area contributed by atoms with Crippen LogP contribution in [0.5, 0.6) is 0 Å². The minimum absolute atomic E-state index is 0.194. The number of benzene rings is 1. The van der Waals surface area contributed by atoms with Crippen LogP contribution in [0.4, 0.5) is 10.1 Å². The molecule has 0 spiro atoms.